The van der Waals surface area contributed by atoms with Crippen molar-refractivity contribution in [2.45, 2.75) is 25.7 Å². The third-order valence-corrected chi connectivity index (χ3v) is 2.60. The van der Waals surface area contributed by atoms with Crippen LogP contribution in [0.1, 0.15) is 25.7 Å². The average Bonchev–Trinajstić information content (AvgIpc) is 2.75. The molecular weight excluding hydrogens is 167 g/mol. The second kappa shape index (κ2) is 4.95. The van der Waals surface area contributed by atoms with Crippen LogP contribution in [-0.2, 0) is 9.51 Å². The van der Waals surface area contributed by atoms with Gasteiger partial charge in [0.25, 0.3) is 0 Å². The van der Waals surface area contributed by atoms with Crippen LogP contribution in [0.2, 0.25) is 0 Å². The first kappa shape index (κ1) is 9.46. The molecule has 0 N–H and O–H groups in total. The van der Waals surface area contributed by atoms with Crippen molar-refractivity contribution in [3.63, 3.8) is 0 Å². The second-order valence-electron chi connectivity index (χ2n) is 3.65. The highest BCUT2D eigenvalue weighted by atomic mass is 16.8. The lowest BCUT2D eigenvalue weighted by molar-refractivity contribution is -0.107. The first-order valence-corrected chi connectivity index (χ1v) is 5.21. The van der Waals surface area contributed by atoms with Crippen LogP contribution in [0.3, 0.4) is 0 Å². The molecule has 2 saturated heterocycles. The number of hydroxylamine groups is 4. The molecule has 5 heteroatoms. The van der Waals surface area contributed by atoms with Gasteiger partial charge < -0.3 is 9.51 Å². The van der Waals surface area contributed by atoms with Crippen LogP contribution in [-0.4, -0.2) is 44.0 Å². The molecule has 0 aliphatic carbocycles. The highest BCUT2D eigenvalue weighted by molar-refractivity contribution is 6.17. The maximum atomic E-state index is 5.43. The Labute approximate surface area is 80.0 Å². The molecule has 2 rings (SSSR count). The summed E-state index contributed by atoms with van der Waals surface area (Å²) in [5, 5.41) is 3.99. The zero-order valence-corrected chi connectivity index (χ0v) is 8.07. The summed E-state index contributed by atoms with van der Waals surface area (Å²) in [6.45, 7) is 4.24. The molecule has 2 heterocycles. The van der Waals surface area contributed by atoms with E-state index in [4.69, 9.17) is 9.51 Å². The third-order valence-electron chi connectivity index (χ3n) is 2.60. The maximum Gasteiger partial charge on any atom is 0.474 e. The topological polar surface area (TPSA) is 24.9 Å². The van der Waals surface area contributed by atoms with E-state index in [1.807, 2.05) is 10.1 Å². The first-order valence-electron chi connectivity index (χ1n) is 5.21. The van der Waals surface area contributed by atoms with Gasteiger partial charge in [0.1, 0.15) is 0 Å². The Hall–Kier alpha value is -0.0951. The van der Waals surface area contributed by atoms with Crippen molar-refractivity contribution < 1.29 is 9.51 Å². The van der Waals surface area contributed by atoms with Crippen molar-refractivity contribution in [2.24, 2.45) is 0 Å². The van der Waals surface area contributed by atoms with E-state index in [0.29, 0.717) is 7.69 Å². The summed E-state index contributed by atoms with van der Waals surface area (Å²) < 4.78 is 10.9. The summed E-state index contributed by atoms with van der Waals surface area (Å²) in [7, 11) is 0.389. The summed E-state index contributed by atoms with van der Waals surface area (Å²) in [4.78, 5) is 0. The van der Waals surface area contributed by atoms with Crippen molar-refractivity contribution >= 4 is 7.69 Å². The second-order valence-corrected chi connectivity index (χ2v) is 3.65. The molecular formula is C8H17BN2O2. The summed E-state index contributed by atoms with van der Waals surface area (Å²) in [5.74, 6) is 0. The fourth-order valence-electron chi connectivity index (χ4n) is 1.81. The Morgan fingerprint density at radius 1 is 0.692 bits per heavy atom. The Morgan fingerprint density at radius 3 is 1.46 bits per heavy atom. The Kier molecular flexibility index (Phi) is 3.60. The molecule has 4 nitrogen and oxygen atoms in total. The SMILES string of the molecule is B(ON1CCCC1)ON1CCCC1. The van der Waals surface area contributed by atoms with Crippen molar-refractivity contribution in [3.05, 3.63) is 0 Å². The fraction of sp³-hybridized carbons (Fsp3) is 1.00. The predicted molar refractivity (Wildman–Crippen MR) is 50.9 cm³/mol. The standard InChI is InChI=1S/C8H17BN2O2/c1-2-6-10(5-1)12-9-13-11-7-3-4-8-11/h9H,1-8H2. The predicted octanol–water partition coefficient (Wildman–Crippen LogP) is 0.308. The first-order chi connectivity index (χ1) is 6.45. The molecule has 0 aromatic rings. The number of hydrogen-bond donors (Lipinski definition) is 0. The normalized spacial score (nSPS) is 25.5. The quantitative estimate of drug-likeness (QED) is 0.587. The zero-order chi connectivity index (χ0) is 8.93. The van der Waals surface area contributed by atoms with Gasteiger partial charge in [-0.05, 0) is 25.7 Å². The highest BCUT2D eigenvalue weighted by Gasteiger charge is 2.16. The Balaban J connectivity index is 1.52. The molecule has 0 aromatic heterocycles. The summed E-state index contributed by atoms with van der Waals surface area (Å²) in [5.41, 5.74) is 0. The molecule has 13 heavy (non-hydrogen) atoms. The van der Waals surface area contributed by atoms with Crippen LogP contribution in [0.4, 0.5) is 0 Å². The Bertz CT molecular complexity index is 131. The van der Waals surface area contributed by atoms with Crippen molar-refractivity contribution in [3.8, 4) is 0 Å². The van der Waals surface area contributed by atoms with Gasteiger partial charge in [-0.2, -0.15) is 0 Å². The highest BCUT2D eigenvalue weighted by Crippen LogP contribution is 2.09. The summed E-state index contributed by atoms with van der Waals surface area (Å²) in [6.07, 6.45) is 5.01. The van der Waals surface area contributed by atoms with E-state index in [-0.39, 0.29) is 0 Å². The van der Waals surface area contributed by atoms with Gasteiger partial charge >= 0.3 is 7.69 Å². The molecule has 0 spiro atoms. The van der Waals surface area contributed by atoms with Gasteiger partial charge in [-0.1, -0.05) is 0 Å². The molecule has 0 aromatic carbocycles. The largest absolute Gasteiger partial charge is 0.474 e. The molecule has 74 valence electrons. The smallest absolute Gasteiger partial charge is 0.326 e. The van der Waals surface area contributed by atoms with E-state index in [2.05, 4.69) is 0 Å². The minimum atomic E-state index is 0.389. The van der Waals surface area contributed by atoms with E-state index < -0.39 is 0 Å². The number of nitrogens with zero attached hydrogens (tertiary/aromatic N) is 2. The zero-order valence-electron chi connectivity index (χ0n) is 8.07. The van der Waals surface area contributed by atoms with Crippen LogP contribution >= 0.6 is 0 Å². The molecule has 0 amide bonds. The molecule has 0 unspecified atom stereocenters. The van der Waals surface area contributed by atoms with E-state index in [1.165, 1.54) is 25.7 Å². The van der Waals surface area contributed by atoms with Crippen LogP contribution in [0.15, 0.2) is 0 Å². The van der Waals surface area contributed by atoms with Gasteiger partial charge in [-0.25, -0.2) is 10.1 Å². The fourth-order valence-corrected chi connectivity index (χ4v) is 1.81. The molecule has 2 aliphatic rings. The average molecular weight is 184 g/mol. The van der Waals surface area contributed by atoms with E-state index in [9.17, 15) is 0 Å². The third kappa shape index (κ3) is 2.95. The monoisotopic (exact) mass is 184 g/mol. The van der Waals surface area contributed by atoms with Gasteiger partial charge in [0.15, 0.2) is 0 Å². The Morgan fingerprint density at radius 2 is 1.08 bits per heavy atom. The number of rotatable bonds is 4. The summed E-state index contributed by atoms with van der Waals surface area (Å²) in [6, 6.07) is 0. The lowest BCUT2D eigenvalue weighted by atomic mass is 10.4. The maximum absolute atomic E-state index is 5.43. The van der Waals surface area contributed by atoms with Crippen molar-refractivity contribution in [2.75, 3.05) is 26.2 Å². The van der Waals surface area contributed by atoms with Crippen LogP contribution in [0.25, 0.3) is 0 Å². The van der Waals surface area contributed by atoms with Crippen LogP contribution < -0.4 is 0 Å². The molecule has 0 saturated carbocycles. The molecule has 2 fully saturated rings. The van der Waals surface area contributed by atoms with Gasteiger partial charge in [0.2, 0.25) is 0 Å². The van der Waals surface area contributed by atoms with Gasteiger partial charge in [-0.15, -0.1) is 0 Å². The summed E-state index contributed by atoms with van der Waals surface area (Å²) >= 11 is 0. The minimum absolute atomic E-state index is 0.389. The number of hydrogen-bond acceptors (Lipinski definition) is 4. The van der Waals surface area contributed by atoms with Crippen molar-refractivity contribution in [1.82, 2.24) is 10.1 Å². The van der Waals surface area contributed by atoms with E-state index >= 15 is 0 Å². The van der Waals surface area contributed by atoms with E-state index in [0.717, 1.165) is 26.2 Å². The van der Waals surface area contributed by atoms with Crippen molar-refractivity contribution in [1.29, 1.82) is 0 Å². The molecule has 0 radical (unpaired) electrons. The molecule has 0 atom stereocenters. The lowest BCUT2D eigenvalue weighted by Gasteiger charge is -2.18. The van der Waals surface area contributed by atoms with E-state index in [1.54, 1.807) is 0 Å². The lowest BCUT2D eigenvalue weighted by Crippen LogP contribution is -2.29. The van der Waals surface area contributed by atoms with Gasteiger partial charge in [0.05, 0.1) is 0 Å². The minimum Gasteiger partial charge on any atom is -0.326 e. The van der Waals surface area contributed by atoms with Gasteiger partial charge in [0, 0.05) is 26.2 Å². The van der Waals surface area contributed by atoms with Crippen LogP contribution in [0, 0.1) is 0 Å². The van der Waals surface area contributed by atoms with Crippen LogP contribution in [0.5, 0.6) is 0 Å². The molecule has 2 aliphatic heterocycles. The van der Waals surface area contributed by atoms with Gasteiger partial charge in [-0.3, -0.25) is 0 Å². The molecule has 0 bridgehead atoms.